The zero-order valence-corrected chi connectivity index (χ0v) is 9.45. The molecule has 0 aliphatic carbocycles. The lowest BCUT2D eigenvalue weighted by Crippen LogP contribution is -2.56. The summed E-state index contributed by atoms with van der Waals surface area (Å²) in [5.41, 5.74) is 5.62. The van der Waals surface area contributed by atoms with Gasteiger partial charge in [0.05, 0.1) is 0 Å². The van der Waals surface area contributed by atoms with Crippen LogP contribution < -0.4 is 5.73 Å². The summed E-state index contributed by atoms with van der Waals surface area (Å²) in [5, 5.41) is 0. The Kier molecular flexibility index (Phi) is 4.58. The van der Waals surface area contributed by atoms with Gasteiger partial charge in [0.25, 0.3) is 0 Å². The number of likely N-dealkylation sites (N-methyl/N-ethyl adjacent to an activating group) is 1. The van der Waals surface area contributed by atoms with Gasteiger partial charge in [0.2, 0.25) is 0 Å². The smallest absolute Gasteiger partial charge is 0.0235 e. The number of rotatable bonds is 4. The fourth-order valence-corrected chi connectivity index (χ4v) is 2.18. The van der Waals surface area contributed by atoms with Gasteiger partial charge in [-0.15, -0.1) is 6.58 Å². The first-order valence-electron chi connectivity index (χ1n) is 5.44. The maximum atomic E-state index is 5.62. The minimum Gasteiger partial charge on any atom is -0.330 e. The molecule has 1 saturated heterocycles. The van der Waals surface area contributed by atoms with Gasteiger partial charge >= 0.3 is 0 Å². The van der Waals surface area contributed by atoms with Crippen molar-refractivity contribution in [3.05, 3.63) is 12.7 Å². The number of nitrogens with zero attached hydrogens (tertiary/aromatic N) is 2. The molecular weight excluding hydrogens is 174 g/mol. The molecule has 2 unspecified atom stereocenters. The van der Waals surface area contributed by atoms with Crippen molar-refractivity contribution in [2.45, 2.75) is 25.4 Å². The second-order valence-electron chi connectivity index (χ2n) is 4.25. The Morgan fingerprint density at radius 1 is 1.50 bits per heavy atom. The molecule has 1 aliphatic rings. The maximum Gasteiger partial charge on any atom is 0.0235 e. The fourth-order valence-electron chi connectivity index (χ4n) is 2.18. The summed E-state index contributed by atoms with van der Waals surface area (Å²) in [6.45, 7) is 10.1. The van der Waals surface area contributed by atoms with Crippen LogP contribution in [0.25, 0.3) is 0 Å². The second-order valence-corrected chi connectivity index (χ2v) is 4.25. The molecule has 1 rings (SSSR count). The van der Waals surface area contributed by atoms with Crippen molar-refractivity contribution in [1.82, 2.24) is 9.80 Å². The van der Waals surface area contributed by atoms with Crippen LogP contribution in [0.5, 0.6) is 0 Å². The number of hydrogen-bond acceptors (Lipinski definition) is 3. The van der Waals surface area contributed by atoms with Crippen molar-refractivity contribution >= 4 is 0 Å². The molecule has 0 bridgehead atoms. The van der Waals surface area contributed by atoms with Crippen molar-refractivity contribution in [3.63, 3.8) is 0 Å². The highest BCUT2D eigenvalue weighted by Gasteiger charge is 2.27. The Bertz CT molecular complexity index is 181. The molecule has 1 fully saturated rings. The van der Waals surface area contributed by atoms with Gasteiger partial charge in [0.15, 0.2) is 0 Å². The zero-order valence-electron chi connectivity index (χ0n) is 9.45. The van der Waals surface area contributed by atoms with Crippen molar-refractivity contribution in [2.75, 3.05) is 33.2 Å². The van der Waals surface area contributed by atoms with Gasteiger partial charge in [0, 0.05) is 31.7 Å². The maximum absolute atomic E-state index is 5.62. The van der Waals surface area contributed by atoms with E-state index >= 15 is 0 Å². The summed E-state index contributed by atoms with van der Waals surface area (Å²) in [6.07, 6.45) is 3.08. The molecule has 1 heterocycles. The second kappa shape index (κ2) is 5.49. The molecule has 0 aromatic heterocycles. The standard InChI is InChI=1S/C11H23N3/c1-4-7-14-8-10(2)13(3)11(9-14)5-6-12/h4,10-11H,1,5-9,12H2,2-3H3. The van der Waals surface area contributed by atoms with E-state index in [0.717, 1.165) is 32.6 Å². The molecule has 2 atom stereocenters. The first-order valence-corrected chi connectivity index (χ1v) is 5.44. The van der Waals surface area contributed by atoms with E-state index in [4.69, 9.17) is 5.73 Å². The molecule has 14 heavy (non-hydrogen) atoms. The van der Waals surface area contributed by atoms with E-state index in [2.05, 4.69) is 30.4 Å². The van der Waals surface area contributed by atoms with Crippen LogP contribution in [-0.2, 0) is 0 Å². The highest BCUT2D eigenvalue weighted by atomic mass is 15.3. The Balaban J connectivity index is 2.51. The summed E-state index contributed by atoms with van der Waals surface area (Å²) in [5.74, 6) is 0. The largest absolute Gasteiger partial charge is 0.330 e. The van der Waals surface area contributed by atoms with Crippen LogP contribution in [-0.4, -0.2) is 55.1 Å². The molecule has 0 aromatic rings. The highest BCUT2D eigenvalue weighted by Crippen LogP contribution is 2.15. The summed E-state index contributed by atoms with van der Waals surface area (Å²) in [6, 6.07) is 1.24. The summed E-state index contributed by atoms with van der Waals surface area (Å²) < 4.78 is 0. The van der Waals surface area contributed by atoms with Crippen LogP contribution in [0, 0.1) is 0 Å². The molecule has 0 saturated carbocycles. The van der Waals surface area contributed by atoms with Gasteiger partial charge in [-0.05, 0) is 26.9 Å². The quantitative estimate of drug-likeness (QED) is 0.667. The van der Waals surface area contributed by atoms with Crippen LogP contribution in [0.15, 0.2) is 12.7 Å². The number of nitrogens with two attached hydrogens (primary N) is 1. The Morgan fingerprint density at radius 3 is 2.79 bits per heavy atom. The minimum absolute atomic E-state index is 0.615. The van der Waals surface area contributed by atoms with Crippen molar-refractivity contribution in [2.24, 2.45) is 5.73 Å². The van der Waals surface area contributed by atoms with Crippen LogP contribution in [0.1, 0.15) is 13.3 Å². The molecular formula is C11H23N3. The number of hydrogen-bond donors (Lipinski definition) is 1. The van der Waals surface area contributed by atoms with E-state index in [1.165, 1.54) is 0 Å². The van der Waals surface area contributed by atoms with E-state index in [9.17, 15) is 0 Å². The van der Waals surface area contributed by atoms with Gasteiger partial charge in [0.1, 0.15) is 0 Å². The lowest BCUT2D eigenvalue weighted by atomic mass is 10.1. The SMILES string of the molecule is C=CCN1CC(C)N(C)C(CCN)C1. The summed E-state index contributed by atoms with van der Waals surface area (Å²) >= 11 is 0. The van der Waals surface area contributed by atoms with Crippen LogP contribution in [0.3, 0.4) is 0 Å². The Morgan fingerprint density at radius 2 is 2.21 bits per heavy atom. The predicted octanol–water partition coefficient (Wildman–Crippen LogP) is 0.526. The highest BCUT2D eigenvalue weighted by molar-refractivity contribution is 4.87. The monoisotopic (exact) mass is 197 g/mol. The van der Waals surface area contributed by atoms with Gasteiger partial charge in [-0.3, -0.25) is 9.80 Å². The lowest BCUT2D eigenvalue weighted by molar-refractivity contribution is 0.0552. The van der Waals surface area contributed by atoms with Crippen molar-refractivity contribution < 1.29 is 0 Å². The lowest BCUT2D eigenvalue weighted by Gasteiger charge is -2.43. The first kappa shape index (κ1) is 11.7. The molecule has 0 amide bonds. The normalized spacial score (nSPS) is 30.5. The average Bonchev–Trinajstić information content (AvgIpc) is 2.14. The van der Waals surface area contributed by atoms with Crippen molar-refractivity contribution in [3.8, 4) is 0 Å². The van der Waals surface area contributed by atoms with Crippen LogP contribution in [0.2, 0.25) is 0 Å². The van der Waals surface area contributed by atoms with E-state index in [-0.39, 0.29) is 0 Å². The molecule has 82 valence electrons. The van der Waals surface area contributed by atoms with E-state index in [0.29, 0.717) is 12.1 Å². The molecule has 0 spiro atoms. The Labute approximate surface area is 87.6 Å². The van der Waals surface area contributed by atoms with Crippen LogP contribution >= 0.6 is 0 Å². The minimum atomic E-state index is 0.615. The van der Waals surface area contributed by atoms with Gasteiger partial charge in [-0.2, -0.15) is 0 Å². The van der Waals surface area contributed by atoms with Crippen LogP contribution in [0.4, 0.5) is 0 Å². The number of piperazine rings is 1. The third-order valence-corrected chi connectivity index (χ3v) is 3.15. The van der Waals surface area contributed by atoms with Gasteiger partial charge in [-0.1, -0.05) is 6.08 Å². The third-order valence-electron chi connectivity index (χ3n) is 3.15. The summed E-state index contributed by atoms with van der Waals surface area (Å²) in [4.78, 5) is 4.91. The first-order chi connectivity index (χ1) is 6.69. The molecule has 3 heteroatoms. The van der Waals surface area contributed by atoms with E-state index < -0.39 is 0 Å². The predicted molar refractivity (Wildman–Crippen MR) is 61.3 cm³/mol. The summed E-state index contributed by atoms with van der Waals surface area (Å²) in [7, 11) is 2.20. The third kappa shape index (κ3) is 2.80. The molecule has 0 aromatic carbocycles. The fraction of sp³-hybridized carbons (Fsp3) is 0.818. The molecule has 2 N–H and O–H groups in total. The Hall–Kier alpha value is -0.380. The zero-order chi connectivity index (χ0) is 10.6. The van der Waals surface area contributed by atoms with E-state index in [1.807, 2.05) is 6.08 Å². The van der Waals surface area contributed by atoms with Gasteiger partial charge in [-0.25, -0.2) is 0 Å². The van der Waals surface area contributed by atoms with E-state index in [1.54, 1.807) is 0 Å². The molecule has 3 nitrogen and oxygen atoms in total. The topological polar surface area (TPSA) is 32.5 Å². The average molecular weight is 197 g/mol. The molecule has 1 aliphatic heterocycles. The van der Waals surface area contributed by atoms with Crippen molar-refractivity contribution in [1.29, 1.82) is 0 Å². The van der Waals surface area contributed by atoms with Gasteiger partial charge < -0.3 is 5.73 Å². The molecule has 0 radical (unpaired) electrons.